The van der Waals surface area contributed by atoms with Gasteiger partial charge in [-0.15, -0.1) is 0 Å². The van der Waals surface area contributed by atoms with E-state index in [-0.39, 0.29) is 6.04 Å². The minimum atomic E-state index is -0.225. The SMILES string of the molecule is CCC(N=O)c1ccc(COCCN2CCC(C)CC2)cc1. The molecule has 0 bridgehead atoms. The number of nitrogens with zero attached hydrogens (tertiary/aromatic N) is 2. The van der Waals surface area contributed by atoms with Crippen LogP contribution in [0.5, 0.6) is 0 Å². The summed E-state index contributed by atoms with van der Waals surface area (Å²) in [6.07, 6.45) is 3.36. The van der Waals surface area contributed by atoms with Crippen LogP contribution in [0.3, 0.4) is 0 Å². The van der Waals surface area contributed by atoms with Crippen LogP contribution in [0.1, 0.15) is 50.3 Å². The normalized spacial score (nSPS) is 18.3. The first-order valence-corrected chi connectivity index (χ1v) is 8.44. The number of nitroso groups, excluding NO2 is 1. The molecule has 122 valence electrons. The van der Waals surface area contributed by atoms with Gasteiger partial charge in [-0.05, 0) is 49.4 Å². The predicted molar refractivity (Wildman–Crippen MR) is 89.8 cm³/mol. The summed E-state index contributed by atoms with van der Waals surface area (Å²) in [4.78, 5) is 13.2. The lowest BCUT2D eigenvalue weighted by atomic mass is 9.99. The van der Waals surface area contributed by atoms with Crippen molar-refractivity contribution in [1.29, 1.82) is 0 Å². The molecule has 1 aliphatic rings. The molecule has 1 saturated heterocycles. The second-order valence-corrected chi connectivity index (χ2v) is 6.35. The fraction of sp³-hybridized carbons (Fsp3) is 0.667. The molecule has 1 aromatic carbocycles. The first kappa shape index (κ1) is 17.1. The highest BCUT2D eigenvalue weighted by Crippen LogP contribution is 2.21. The number of ether oxygens (including phenoxy) is 1. The van der Waals surface area contributed by atoms with Crippen LogP contribution in [-0.2, 0) is 11.3 Å². The van der Waals surface area contributed by atoms with Gasteiger partial charge in [-0.3, -0.25) is 0 Å². The average molecular weight is 304 g/mol. The smallest absolute Gasteiger partial charge is 0.117 e. The van der Waals surface area contributed by atoms with Gasteiger partial charge < -0.3 is 9.64 Å². The van der Waals surface area contributed by atoms with Crippen molar-refractivity contribution in [3.05, 3.63) is 40.3 Å². The molecule has 0 saturated carbocycles. The molecule has 1 fully saturated rings. The maximum atomic E-state index is 10.7. The minimum absolute atomic E-state index is 0.225. The minimum Gasteiger partial charge on any atom is -0.375 e. The predicted octanol–water partition coefficient (Wildman–Crippen LogP) is 4.15. The summed E-state index contributed by atoms with van der Waals surface area (Å²) < 4.78 is 5.78. The molecule has 0 aliphatic carbocycles. The molecule has 0 spiro atoms. The van der Waals surface area contributed by atoms with Gasteiger partial charge >= 0.3 is 0 Å². The number of likely N-dealkylation sites (tertiary alicyclic amines) is 1. The van der Waals surface area contributed by atoms with E-state index in [1.165, 1.54) is 25.9 Å². The Morgan fingerprint density at radius 1 is 1.27 bits per heavy atom. The van der Waals surface area contributed by atoms with E-state index in [1.807, 2.05) is 31.2 Å². The van der Waals surface area contributed by atoms with Crippen molar-refractivity contribution in [2.75, 3.05) is 26.2 Å². The Morgan fingerprint density at radius 3 is 2.55 bits per heavy atom. The maximum Gasteiger partial charge on any atom is 0.117 e. The summed E-state index contributed by atoms with van der Waals surface area (Å²) >= 11 is 0. The molecule has 1 aromatic rings. The zero-order valence-electron chi connectivity index (χ0n) is 13.8. The van der Waals surface area contributed by atoms with Crippen molar-refractivity contribution in [3.8, 4) is 0 Å². The Morgan fingerprint density at radius 2 is 1.95 bits per heavy atom. The molecule has 1 heterocycles. The molecule has 0 N–H and O–H groups in total. The molecule has 0 amide bonds. The van der Waals surface area contributed by atoms with Crippen LogP contribution in [-0.4, -0.2) is 31.1 Å². The summed E-state index contributed by atoms with van der Waals surface area (Å²) in [5, 5.41) is 3.15. The summed E-state index contributed by atoms with van der Waals surface area (Å²) in [6, 6.07) is 7.81. The molecular weight excluding hydrogens is 276 g/mol. The van der Waals surface area contributed by atoms with Crippen LogP contribution in [0.15, 0.2) is 29.4 Å². The van der Waals surface area contributed by atoms with Gasteiger partial charge in [0, 0.05) is 6.54 Å². The zero-order valence-corrected chi connectivity index (χ0v) is 13.8. The molecule has 1 aliphatic heterocycles. The van der Waals surface area contributed by atoms with E-state index in [0.717, 1.165) is 36.6 Å². The Balaban J connectivity index is 1.67. The standard InChI is InChI=1S/C18H28N2O2/c1-3-18(19-21)17-6-4-16(5-7-17)14-22-13-12-20-10-8-15(2)9-11-20/h4-7,15,18H,3,8-14H2,1-2H3. The van der Waals surface area contributed by atoms with Crippen LogP contribution in [0, 0.1) is 10.8 Å². The number of benzene rings is 1. The third-order valence-electron chi connectivity index (χ3n) is 4.58. The number of hydrogen-bond donors (Lipinski definition) is 0. The maximum absolute atomic E-state index is 10.7. The van der Waals surface area contributed by atoms with E-state index < -0.39 is 0 Å². The highest BCUT2D eigenvalue weighted by atomic mass is 16.5. The average Bonchev–Trinajstić information content (AvgIpc) is 2.56. The van der Waals surface area contributed by atoms with Crippen LogP contribution in [0.4, 0.5) is 0 Å². The molecule has 1 atom stereocenters. The van der Waals surface area contributed by atoms with E-state index in [0.29, 0.717) is 6.61 Å². The fourth-order valence-corrected chi connectivity index (χ4v) is 2.88. The number of hydrogen-bond acceptors (Lipinski definition) is 4. The molecule has 2 rings (SSSR count). The Labute approximate surface area is 133 Å². The molecule has 0 radical (unpaired) electrons. The topological polar surface area (TPSA) is 41.9 Å². The fourth-order valence-electron chi connectivity index (χ4n) is 2.88. The van der Waals surface area contributed by atoms with Crippen LogP contribution < -0.4 is 0 Å². The van der Waals surface area contributed by atoms with Gasteiger partial charge in [-0.2, -0.15) is 4.91 Å². The molecule has 0 aromatic heterocycles. The molecule has 22 heavy (non-hydrogen) atoms. The van der Waals surface area contributed by atoms with Crippen molar-refractivity contribution in [3.63, 3.8) is 0 Å². The third-order valence-corrected chi connectivity index (χ3v) is 4.58. The lowest BCUT2D eigenvalue weighted by Crippen LogP contribution is -2.35. The number of rotatable bonds is 8. The largest absolute Gasteiger partial charge is 0.375 e. The van der Waals surface area contributed by atoms with Crippen molar-refractivity contribution in [1.82, 2.24) is 4.90 Å². The summed E-state index contributed by atoms with van der Waals surface area (Å²) in [7, 11) is 0. The van der Waals surface area contributed by atoms with Gasteiger partial charge in [0.25, 0.3) is 0 Å². The zero-order chi connectivity index (χ0) is 15.8. The molecule has 4 nitrogen and oxygen atoms in total. The highest BCUT2D eigenvalue weighted by molar-refractivity contribution is 5.24. The molecule has 4 heteroatoms. The van der Waals surface area contributed by atoms with E-state index in [9.17, 15) is 4.91 Å². The van der Waals surface area contributed by atoms with Crippen molar-refractivity contribution in [2.45, 2.75) is 45.8 Å². The lowest BCUT2D eigenvalue weighted by Gasteiger charge is -2.29. The summed E-state index contributed by atoms with van der Waals surface area (Å²) in [5.74, 6) is 0.878. The van der Waals surface area contributed by atoms with Gasteiger partial charge in [0.05, 0.1) is 13.2 Å². The highest BCUT2D eigenvalue weighted by Gasteiger charge is 2.14. The second-order valence-electron chi connectivity index (χ2n) is 6.35. The van der Waals surface area contributed by atoms with E-state index in [1.54, 1.807) is 0 Å². The Hall–Kier alpha value is -1.26. The molecular formula is C18H28N2O2. The Kier molecular flexibility index (Phi) is 7.00. The first-order valence-electron chi connectivity index (χ1n) is 8.44. The number of piperidine rings is 1. The van der Waals surface area contributed by atoms with Crippen LogP contribution >= 0.6 is 0 Å². The second kappa shape index (κ2) is 9.01. The van der Waals surface area contributed by atoms with Crippen LogP contribution in [0.2, 0.25) is 0 Å². The van der Waals surface area contributed by atoms with E-state index in [2.05, 4.69) is 17.0 Å². The van der Waals surface area contributed by atoms with Crippen molar-refractivity contribution < 1.29 is 4.74 Å². The van der Waals surface area contributed by atoms with Crippen molar-refractivity contribution in [2.24, 2.45) is 11.1 Å². The van der Waals surface area contributed by atoms with E-state index in [4.69, 9.17) is 4.74 Å². The first-order chi connectivity index (χ1) is 10.7. The van der Waals surface area contributed by atoms with Gasteiger partial charge in [0.15, 0.2) is 0 Å². The van der Waals surface area contributed by atoms with Gasteiger partial charge in [-0.1, -0.05) is 43.3 Å². The van der Waals surface area contributed by atoms with Gasteiger partial charge in [-0.25, -0.2) is 0 Å². The Bertz CT molecular complexity index is 439. The third kappa shape index (κ3) is 5.18. The van der Waals surface area contributed by atoms with Gasteiger partial charge in [0.2, 0.25) is 0 Å². The lowest BCUT2D eigenvalue weighted by molar-refractivity contribution is 0.0807. The molecule has 1 unspecified atom stereocenters. The van der Waals surface area contributed by atoms with Crippen LogP contribution in [0.25, 0.3) is 0 Å². The quantitative estimate of drug-likeness (QED) is 0.535. The summed E-state index contributed by atoms with van der Waals surface area (Å²) in [6.45, 7) is 9.16. The summed E-state index contributed by atoms with van der Waals surface area (Å²) in [5.41, 5.74) is 2.14. The van der Waals surface area contributed by atoms with Gasteiger partial charge in [0.1, 0.15) is 6.04 Å². The van der Waals surface area contributed by atoms with E-state index >= 15 is 0 Å². The monoisotopic (exact) mass is 304 g/mol. The van der Waals surface area contributed by atoms with Crippen molar-refractivity contribution >= 4 is 0 Å².